The Hall–Kier alpha value is -3.84. The van der Waals surface area contributed by atoms with E-state index in [1.807, 2.05) is 12.2 Å². The van der Waals surface area contributed by atoms with Crippen molar-refractivity contribution in [1.29, 1.82) is 0 Å². The zero-order valence-corrected chi connectivity index (χ0v) is 44.6. The molecule has 73 heavy (non-hydrogen) atoms. The number of phosphoric acid groups is 2. The molecule has 0 saturated carbocycles. The predicted octanol–water partition coefficient (Wildman–Crippen LogP) is 9.88. The molecule has 3 heterocycles. The van der Waals surface area contributed by atoms with Gasteiger partial charge in [0, 0.05) is 19.0 Å². The first kappa shape index (κ1) is 63.5. The van der Waals surface area contributed by atoms with Crippen LogP contribution in [0.5, 0.6) is 0 Å². The molecule has 0 aliphatic carbocycles. The molecule has 2 aliphatic heterocycles. The van der Waals surface area contributed by atoms with Crippen molar-refractivity contribution in [2.45, 2.75) is 198 Å². The molecule has 4 unspecified atom stereocenters. The van der Waals surface area contributed by atoms with E-state index in [2.05, 4.69) is 83.9 Å². The fraction of sp³-hybridized carbons (Fsp3) is 0.654. The van der Waals surface area contributed by atoms with Crippen molar-refractivity contribution in [2.75, 3.05) is 25.6 Å². The summed E-state index contributed by atoms with van der Waals surface area (Å²) in [6, 6.07) is 1.24. The van der Waals surface area contributed by atoms with Crippen LogP contribution >= 0.6 is 15.6 Å². The van der Waals surface area contributed by atoms with Gasteiger partial charge in [-0.05, 0) is 96.0 Å². The molecular formula is C52H83N3O16P2. The van der Waals surface area contributed by atoms with Crippen molar-refractivity contribution in [3.63, 3.8) is 0 Å². The van der Waals surface area contributed by atoms with E-state index in [1.165, 1.54) is 44.6 Å². The summed E-state index contributed by atoms with van der Waals surface area (Å²) >= 11 is 0. The van der Waals surface area contributed by atoms with Crippen molar-refractivity contribution in [1.82, 2.24) is 9.55 Å². The van der Waals surface area contributed by atoms with Crippen molar-refractivity contribution in [3.8, 4) is 0 Å². The molecule has 6 N–H and O–H groups in total. The summed E-state index contributed by atoms with van der Waals surface area (Å²) < 4.78 is 62.5. The standard InChI is InChI=1S/C52H83N3O16P2/c1-3-5-7-9-11-13-14-15-16-17-18-19-20-22-24-26-32-36-48(57)68-42(39-65-47(56)35-31-28-27-30-34-44-43(69-44)33-29-25-23-21-12-10-8-6-4-2)40-66-72(61,62)71-73(63,64)67-41-45-49(58)50(59)51(70-45)55-38-37-46(53)54-52(55)60/h11-13,15-16,18-19,21,25,27,29-30,37-38,42-45,49-51,58-59H,3-10,14,17,20,22-24,26,28,31-36,39-41H2,1-2H3,(H,61,62)(H,63,64)(H2,53,54,60)/b13-11-,16-15-,19-18-,21-12-,29-25-,30-27-/t42-,43?,44?,45-,49-,50-,51-/m1/s1. The van der Waals surface area contributed by atoms with E-state index in [0.717, 1.165) is 81.4 Å². The summed E-state index contributed by atoms with van der Waals surface area (Å²) in [5.74, 6) is -1.40. The zero-order valence-electron chi connectivity index (χ0n) is 42.9. The van der Waals surface area contributed by atoms with Crippen LogP contribution in [-0.2, 0) is 51.0 Å². The first-order chi connectivity index (χ1) is 35.1. The maximum atomic E-state index is 12.9. The third-order valence-corrected chi connectivity index (χ3v) is 14.3. The molecule has 0 bridgehead atoms. The van der Waals surface area contributed by atoms with Crippen molar-refractivity contribution in [3.05, 3.63) is 95.7 Å². The Morgan fingerprint density at radius 1 is 0.671 bits per heavy atom. The average molecular weight is 1070 g/mol. The van der Waals surface area contributed by atoms with Gasteiger partial charge in [-0.15, -0.1) is 0 Å². The minimum Gasteiger partial charge on any atom is -0.462 e. The van der Waals surface area contributed by atoms with Gasteiger partial charge in [0.05, 0.1) is 25.4 Å². The summed E-state index contributed by atoms with van der Waals surface area (Å²) in [7, 11) is -10.9. The Balaban J connectivity index is 1.42. The number of carbonyl (C=O) groups excluding carboxylic acids is 2. The molecule has 19 nitrogen and oxygen atoms in total. The van der Waals surface area contributed by atoms with Gasteiger partial charge in [-0.3, -0.25) is 23.2 Å². The number of hydrogen-bond acceptors (Lipinski definition) is 16. The minimum absolute atomic E-state index is 0.00570. The monoisotopic (exact) mass is 1070 g/mol. The van der Waals surface area contributed by atoms with Gasteiger partial charge in [-0.25, -0.2) is 13.9 Å². The fourth-order valence-corrected chi connectivity index (χ4v) is 9.58. The smallest absolute Gasteiger partial charge is 0.462 e. The lowest BCUT2D eigenvalue weighted by Crippen LogP contribution is -2.36. The largest absolute Gasteiger partial charge is 0.481 e. The Labute approximate surface area is 431 Å². The lowest BCUT2D eigenvalue weighted by molar-refractivity contribution is -0.161. The van der Waals surface area contributed by atoms with Crippen LogP contribution in [0.4, 0.5) is 5.82 Å². The average Bonchev–Trinajstić information content (AvgIpc) is 4.04. The number of nitrogens with two attached hydrogens (primary N) is 1. The quantitative estimate of drug-likeness (QED) is 0.0134. The van der Waals surface area contributed by atoms with E-state index in [-0.39, 0.29) is 30.9 Å². The molecule has 0 radical (unpaired) electrons. The topological polar surface area (TPSA) is 278 Å². The van der Waals surface area contributed by atoms with Gasteiger partial charge in [-0.1, -0.05) is 125 Å². The normalized spacial score (nSPS) is 22.3. The highest BCUT2D eigenvalue weighted by Crippen LogP contribution is 2.60. The van der Waals surface area contributed by atoms with Gasteiger partial charge in [-0.2, -0.15) is 9.29 Å². The van der Waals surface area contributed by atoms with Gasteiger partial charge in [0.15, 0.2) is 12.3 Å². The molecular weight excluding hydrogens is 985 g/mol. The third-order valence-electron chi connectivity index (χ3n) is 11.7. The number of unbranched alkanes of at least 4 members (excludes halogenated alkanes) is 11. The maximum absolute atomic E-state index is 12.9. The van der Waals surface area contributed by atoms with E-state index in [1.54, 1.807) is 0 Å². The number of carbonyl (C=O) groups is 2. The SMILES string of the molecule is CCCCC/C=C\C/C=C\C/C=C\CCCCCCC(=O)O[C@H](COC(=O)CCC/C=C\CC1OC1C/C=C\C/C=C\CCCCC)COP(=O)(O)OP(=O)(O)OC[C@H]1O[C@@H](n2ccc(N)nc2=O)[C@H](O)[C@@H]1O. The van der Waals surface area contributed by atoms with Gasteiger partial charge in [0.25, 0.3) is 0 Å². The summed E-state index contributed by atoms with van der Waals surface area (Å²) in [6.07, 6.45) is 38.6. The number of anilines is 1. The number of nitrogen functional groups attached to an aromatic ring is 1. The van der Waals surface area contributed by atoms with E-state index in [0.29, 0.717) is 19.3 Å². The second-order valence-corrected chi connectivity index (χ2v) is 21.1. The number of aromatic nitrogens is 2. The van der Waals surface area contributed by atoms with Crippen LogP contribution in [0.1, 0.15) is 161 Å². The number of phosphoric ester groups is 2. The third kappa shape index (κ3) is 29.2. The van der Waals surface area contributed by atoms with Crippen LogP contribution in [-0.4, -0.2) is 97.9 Å². The number of epoxide rings is 1. The van der Waals surface area contributed by atoms with Crippen LogP contribution in [0.25, 0.3) is 0 Å². The summed E-state index contributed by atoms with van der Waals surface area (Å²) in [5, 5.41) is 20.9. The number of hydrogen-bond donors (Lipinski definition) is 5. The first-order valence-corrected chi connectivity index (χ1v) is 29.1. The Kier molecular flexibility index (Phi) is 32.2. The minimum atomic E-state index is -5.45. The molecule has 0 amide bonds. The van der Waals surface area contributed by atoms with Crippen LogP contribution < -0.4 is 11.4 Å². The highest BCUT2D eigenvalue weighted by atomic mass is 31.3. The number of aliphatic hydroxyl groups excluding tert-OH is 2. The van der Waals surface area contributed by atoms with Gasteiger partial charge in [0.1, 0.15) is 30.7 Å². The highest BCUT2D eigenvalue weighted by Gasteiger charge is 2.46. The van der Waals surface area contributed by atoms with E-state index in [9.17, 15) is 43.5 Å². The van der Waals surface area contributed by atoms with Crippen LogP contribution in [0.3, 0.4) is 0 Å². The Morgan fingerprint density at radius 2 is 1.19 bits per heavy atom. The van der Waals surface area contributed by atoms with Gasteiger partial charge >= 0.3 is 33.3 Å². The first-order valence-electron chi connectivity index (χ1n) is 26.1. The molecule has 2 fully saturated rings. The molecule has 2 saturated heterocycles. The predicted molar refractivity (Wildman–Crippen MR) is 279 cm³/mol. The van der Waals surface area contributed by atoms with Crippen LogP contribution in [0, 0.1) is 0 Å². The van der Waals surface area contributed by atoms with E-state index < -0.39 is 83.7 Å². The number of ether oxygens (including phenoxy) is 4. The zero-order chi connectivity index (χ0) is 53.2. The lowest BCUT2D eigenvalue weighted by atomic mass is 10.1. The second-order valence-electron chi connectivity index (χ2n) is 18.1. The highest BCUT2D eigenvalue weighted by molar-refractivity contribution is 7.61. The molecule has 0 spiro atoms. The van der Waals surface area contributed by atoms with Crippen LogP contribution in [0.15, 0.2) is 90.0 Å². The molecule has 2 aliphatic rings. The molecule has 1 aromatic heterocycles. The Bertz CT molecular complexity index is 2080. The molecule has 412 valence electrons. The van der Waals surface area contributed by atoms with Gasteiger partial charge in [0.2, 0.25) is 0 Å². The maximum Gasteiger partial charge on any atom is 0.481 e. The summed E-state index contributed by atoms with van der Waals surface area (Å²) in [4.78, 5) is 62.0. The molecule has 3 rings (SSSR count). The number of aliphatic hydroxyl groups is 2. The second kappa shape index (κ2) is 37.0. The molecule has 9 atom stereocenters. The number of rotatable bonds is 41. The number of esters is 2. The van der Waals surface area contributed by atoms with Crippen LogP contribution in [0.2, 0.25) is 0 Å². The number of allylic oxidation sites excluding steroid dienone is 10. The van der Waals surface area contributed by atoms with Crippen molar-refractivity contribution >= 4 is 33.4 Å². The molecule has 0 aromatic carbocycles. The molecule has 21 heteroatoms. The van der Waals surface area contributed by atoms with E-state index in [4.69, 9.17) is 33.7 Å². The Morgan fingerprint density at radius 3 is 1.81 bits per heavy atom. The fourth-order valence-electron chi connectivity index (χ4n) is 7.47. The summed E-state index contributed by atoms with van der Waals surface area (Å²) in [6.45, 7) is 2.01. The summed E-state index contributed by atoms with van der Waals surface area (Å²) in [5.41, 5.74) is 4.58. The van der Waals surface area contributed by atoms with E-state index >= 15 is 0 Å². The number of nitrogens with zero attached hydrogens (tertiary/aromatic N) is 2. The van der Waals surface area contributed by atoms with Crippen molar-refractivity contribution in [2.24, 2.45) is 0 Å². The lowest BCUT2D eigenvalue weighted by Gasteiger charge is -2.21. The molecule has 1 aromatic rings. The van der Waals surface area contributed by atoms with Crippen molar-refractivity contribution < 1.29 is 71.0 Å². The van der Waals surface area contributed by atoms with Gasteiger partial charge < -0.3 is 44.7 Å².